The van der Waals surface area contributed by atoms with Crippen LogP contribution in [0.4, 0.5) is 10.5 Å². The van der Waals surface area contributed by atoms with E-state index in [4.69, 9.17) is 0 Å². The Labute approximate surface area is 134 Å². The predicted molar refractivity (Wildman–Crippen MR) is 86.4 cm³/mol. The third kappa shape index (κ3) is 4.54. The highest BCUT2D eigenvalue weighted by atomic mass is 32.2. The van der Waals surface area contributed by atoms with E-state index in [0.717, 1.165) is 12.1 Å². The topological polar surface area (TPSA) is 105 Å². The Balaban J connectivity index is 1.89. The minimum Gasteiger partial charge on any atom is -0.334 e. The summed E-state index contributed by atoms with van der Waals surface area (Å²) >= 11 is 0. The zero-order chi connectivity index (χ0) is 16.9. The van der Waals surface area contributed by atoms with Gasteiger partial charge in [0.15, 0.2) is 0 Å². The lowest BCUT2D eigenvalue weighted by Crippen LogP contribution is -2.28. The molecule has 1 aromatic heterocycles. The van der Waals surface area contributed by atoms with Crippen LogP contribution in [0.3, 0.4) is 0 Å². The zero-order valence-electron chi connectivity index (χ0n) is 12.9. The smallest absolute Gasteiger partial charge is 0.319 e. The lowest BCUT2D eigenvalue weighted by atomic mass is 10.2. The first kappa shape index (κ1) is 17.0. The molecule has 2 aromatic rings. The number of nitrogens with zero attached hydrogens (tertiary/aromatic N) is 2. The van der Waals surface area contributed by atoms with Crippen molar-refractivity contribution in [3.63, 3.8) is 0 Å². The van der Waals surface area contributed by atoms with E-state index < -0.39 is 10.0 Å². The third-order valence-electron chi connectivity index (χ3n) is 3.17. The standard InChI is InChI=1S/C14H19N5O3S/c1-3-19-10-12(9-17-19)18-14(20)16-8-11-4-6-13(7-5-11)23(21,22)15-2/h4-7,9-10,15H,3,8H2,1-2H3,(H2,16,18,20). The van der Waals surface area contributed by atoms with Gasteiger partial charge in [0.05, 0.1) is 16.8 Å². The number of aromatic nitrogens is 2. The molecule has 2 rings (SSSR count). The maximum atomic E-state index is 11.8. The molecule has 0 aliphatic rings. The van der Waals surface area contributed by atoms with E-state index in [1.165, 1.54) is 19.2 Å². The van der Waals surface area contributed by atoms with Gasteiger partial charge in [-0.25, -0.2) is 17.9 Å². The second kappa shape index (κ2) is 7.25. The lowest BCUT2D eigenvalue weighted by Gasteiger charge is -2.07. The minimum absolute atomic E-state index is 0.181. The summed E-state index contributed by atoms with van der Waals surface area (Å²) in [6.07, 6.45) is 3.30. The van der Waals surface area contributed by atoms with Gasteiger partial charge in [0.1, 0.15) is 0 Å². The first-order valence-corrected chi connectivity index (χ1v) is 8.52. The van der Waals surface area contributed by atoms with Gasteiger partial charge < -0.3 is 10.6 Å². The van der Waals surface area contributed by atoms with Crippen LogP contribution < -0.4 is 15.4 Å². The Morgan fingerprint density at radius 3 is 2.52 bits per heavy atom. The number of anilines is 1. The van der Waals surface area contributed by atoms with Crippen LogP contribution >= 0.6 is 0 Å². The van der Waals surface area contributed by atoms with E-state index in [1.807, 2.05) is 6.92 Å². The highest BCUT2D eigenvalue weighted by molar-refractivity contribution is 7.89. The summed E-state index contributed by atoms with van der Waals surface area (Å²) in [4.78, 5) is 12.0. The fourth-order valence-electron chi connectivity index (χ4n) is 1.86. The summed E-state index contributed by atoms with van der Waals surface area (Å²) in [5.41, 5.74) is 1.40. The first-order chi connectivity index (χ1) is 10.9. The molecule has 0 spiro atoms. The number of carbonyl (C=O) groups excluding carboxylic acids is 1. The van der Waals surface area contributed by atoms with Crippen LogP contribution in [0.1, 0.15) is 12.5 Å². The van der Waals surface area contributed by atoms with Crippen LogP contribution in [-0.4, -0.2) is 31.3 Å². The van der Waals surface area contributed by atoms with Crippen molar-refractivity contribution in [2.75, 3.05) is 12.4 Å². The second-order valence-electron chi connectivity index (χ2n) is 4.74. The van der Waals surface area contributed by atoms with Crippen molar-refractivity contribution in [3.8, 4) is 0 Å². The molecular weight excluding hydrogens is 318 g/mol. The number of nitrogens with one attached hydrogen (secondary N) is 3. The number of hydrogen-bond donors (Lipinski definition) is 3. The molecule has 8 nitrogen and oxygen atoms in total. The molecule has 0 fully saturated rings. The monoisotopic (exact) mass is 337 g/mol. The number of urea groups is 1. The predicted octanol–water partition coefficient (Wildman–Crippen LogP) is 1.13. The molecule has 23 heavy (non-hydrogen) atoms. The SMILES string of the molecule is CCn1cc(NC(=O)NCc2ccc(S(=O)(=O)NC)cc2)cn1. The molecule has 1 heterocycles. The van der Waals surface area contributed by atoms with E-state index in [2.05, 4.69) is 20.5 Å². The van der Waals surface area contributed by atoms with Crippen LogP contribution in [0.25, 0.3) is 0 Å². The van der Waals surface area contributed by atoms with Gasteiger partial charge in [-0.05, 0) is 31.7 Å². The summed E-state index contributed by atoms with van der Waals surface area (Å²) < 4.78 is 27.2. The maximum Gasteiger partial charge on any atom is 0.319 e. The number of sulfonamides is 1. The van der Waals surface area contributed by atoms with Gasteiger partial charge in [0.2, 0.25) is 10.0 Å². The fourth-order valence-corrected chi connectivity index (χ4v) is 2.59. The van der Waals surface area contributed by atoms with Crippen molar-refractivity contribution in [2.45, 2.75) is 24.9 Å². The van der Waals surface area contributed by atoms with Crippen LogP contribution in [-0.2, 0) is 23.1 Å². The third-order valence-corrected chi connectivity index (χ3v) is 4.60. The van der Waals surface area contributed by atoms with Crippen molar-refractivity contribution in [2.24, 2.45) is 0 Å². The molecule has 0 aliphatic heterocycles. The van der Waals surface area contributed by atoms with Gasteiger partial charge in [-0.2, -0.15) is 5.10 Å². The molecule has 0 bridgehead atoms. The molecule has 0 unspecified atom stereocenters. The molecule has 124 valence electrons. The van der Waals surface area contributed by atoms with Crippen molar-refractivity contribution in [3.05, 3.63) is 42.2 Å². The number of carbonyl (C=O) groups is 1. The Morgan fingerprint density at radius 1 is 1.26 bits per heavy atom. The van der Waals surface area contributed by atoms with Gasteiger partial charge in [-0.1, -0.05) is 12.1 Å². The van der Waals surface area contributed by atoms with Gasteiger partial charge in [0.25, 0.3) is 0 Å². The Morgan fingerprint density at radius 2 is 1.96 bits per heavy atom. The second-order valence-corrected chi connectivity index (χ2v) is 6.63. The van der Waals surface area contributed by atoms with E-state index in [0.29, 0.717) is 5.69 Å². The molecule has 0 saturated carbocycles. The van der Waals surface area contributed by atoms with Crippen LogP contribution in [0, 0.1) is 0 Å². The van der Waals surface area contributed by atoms with E-state index >= 15 is 0 Å². The number of hydrogen-bond acceptors (Lipinski definition) is 4. The normalized spacial score (nSPS) is 11.2. The van der Waals surface area contributed by atoms with Crippen LogP contribution in [0.15, 0.2) is 41.6 Å². The van der Waals surface area contributed by atoms with Gasteiger partial charge in [-0.3, -0.25) is 4.68 Å². The Hall–Kier alpha value is -2.39. The van der Waals surface area contributed by atoms with Gasteiger partial charge in [0, 0.05) is 19.3 Å². The van der Waals surface area contributed by atoms with Gasteiger partial charge >= 0.3 is 6.03 Å². The van der Waals surface area contributed by atoms with Crippen molar-refractivity contribution >= 4 is 21.7 Å². The molecule has 3 N–H and O–H groups in total. The first-order valence-electron chi connectivity index (χ1n) is 7.04. The largest absolute Gasteiger partial charge is 0.334 e. The summed E-state index contributed by atoms with van der Waals surface area (Å²) in [5.74, 6) is 0. The minimum atomic E-state index is -3.45. The Kier molecular flexibility index (Phi) is 5.35. The fraction of sp³-hybridized carbons (Fsp3) is 0.286. The molecule has 0 atom stereocenters. The lowest BCUT2D eigenvalue weighted by molar-refractivity contribution is 0.251. The van der Waals surface area contributed by atoms with E-state index in [1.54, 1.807) is 29.2 Å². The van der Waals surface area contributed by atoms with Gasteiger partial charge in [-0.15, -0.1) is 0 Å². The number of benzene rings is 1. The zero-order valence-corrected chi connectivity index (χ0v) is 13.7. The molecule has 2 amide bonds. The molecule has 0 saturated heterocycles. The number of amides is 2. The summed E-state index contributed by atoms with van der Waals surface area (Å²) in [6.45, 7) is 2.97. The maximum absolute atomic E-state index is 11.8. The molecule has 1 aromatic carbocycles. The molecule has 9 heteroatoms. The highest BCUT2D eigenvalue weighted by Crippen LogP contribution is 2.10. The average Bonchev–Trinajstić information content (AvgIpc) is 3.01. The van der Waals surface area contributed by atoms with Crippen molar-refractivity contribution in [1.29, 1.82) is 0 Å². The van der Waals surface area contributed by atoms with E-state index in [-0.39, 0.29) is 17.5 Å². The quantitative estimate of drug-likeness (QED) is 0.735. The van der Waals surface area contributed by atoms with Crippen LogP contribution in [0.5, 0.6) is 0 Å². The van der Waals surface area contributed by atoms with Crippen molar-refractivity contribution in [1.82, 2.24) is 19.8 Å². The highest BCUT2D eigenvalue weighted by Gasteiger charge is 2.10. The summed E-state index contributed by atoms with van der Waals surface area (Å²) in [6, 6.07) is 5.93. The van der Waals surface area contributed by atoms with Crippen molar-refractivity contribution < 1.29 is 13.2 Å². The average molecular weight is 337 g/mol. The number of aryl methyl sites for hydroxylation is 1. The van der Waals surface area contributed by atoms with E-state index in [9.17, 15) is 13.2 Å². The molecule has 0 radical (unpaired) electrons. The van der Waals surface area contributed by atoms with Crippen LogP contribution in [0.2, 0.25) is 0 Å². The Bertz CT molecular complexity index is 768. The molecular formula is C14H19N5O3S. The molecule has 0 aliphatic carbocycles. The number of rotatable bonds is 6. The summed E-state index contributed by atoms with van der Waals surface area (Å²) in [5, 5.41) is 9.43. The summed E-state index contributed by atoms with van der Waals surface area (Å²) in [7, 11) is -2.09.